The molecule has 2 N–H and O–H groups in total. The third kappa shape index (κ3) is 3.33. The summed E-state index contributed by atoms with van der Waals surface area (Å²) in [6.45, 7) is 9.49. The molecule has 0 aromatic carbocycles. The number of rotatable bonds is 5. The summed E-state index contributed by atoms with van der Waals surface area (Å²) in [7, 11) is 0. The Morgan fingerprint density at radius 2 is 2.11 bits per heavy atom. The zero-order valence-electron chi connectivity index (χ0n) is 11.7. The number of nitrogens with two attached hydrogens (primary N) is 1. The fourth-order valence-electron chi connectivity index (χ4n) is 2.90. The molecule has 0 atom stereocenters. The number of aromatic nitrogens is 2. The second-order valence-electron chi connectivity index (χ2n) is 5.39. The molecule has 18 heavy (non-hydrogen) atoms. The van der Waals surface area contributed by atoms with Crippen molar-refractivity contribution in [2.75, 3.05) is 19.6 Å². The maximum Gasteiger partial charge on any atom is 0.0597 e. The fourth-order valence-corrected chi connectivity index (χ4v) is 2.90. The number of aryl methyl sites for hydroxylation is 2. The molecule has 4 nitrogen and oxygen atoms in total. The summed E-state index contributed by atoms with van der Waals surface area (Å²) in [5.41, 5.74) is 8.12. The van der Waals surface area contributed by atoms with Crippen molar-refractivity contribution in [1.82, 2.24) is 14.7 Å². The average molecular weight is 250 g/mol. The van der Waals surface area contributed by atoms with E-state index < -0.39 is 0 Å². The number of piperidine rings is 1. The minimum atomic E-state index is 0.840. The van der Waals surface area contributed by atoms with Crippen LogP contribution in [0.15, 0.2) is 6.07 Å². The Bertz CT molecular complexity index is 364. The quantitative estimate of drug-likeness (QED) is 0.866. The third-order valence-corrected chi connectivity index (χ3v) is 3.95. The molecule has 1 aromatic heterocycles. The molecule has 0 bridgehead atoms. The van der Waals surface area contributed by atoms with Crippen molar-refractivity contribution in [3.05, 3.63) is 17.5 Å². The van der Waals surface area contributed by atoms with Crippen LogP contribution in [-0.4, -0.2) is 34.3 Å². The Morgan fingerprint density at radius 1 is 1.39 bits per heavy atom. The van der Waals surface area contributed by atoms with Crippen molar-refractivity contribution >= 4 is 0 Å². The molecule has 0 saturated carbocycles. The van der Waals surface area contributed by atoms with Crippen molar-refractivity contribution in [3.8, 4) is 0 Å². The van der Waals surface area contributed by atoms with Crippen LogP contribution in [0.5, 0.6) is 0 Å². The highest BCUT2D eigenvalue weighted by Crippen LogP contribution is 2.21. The molecule has 2 rings (SSSR count). The minimum absolute atomic E-state index is 0.840. The molecule has 1 aliphatic rings. The molecule has 102 valence electrons. The zero-order valence-corrected chi connectivity index (χ0v) is 11.7. The topological polar surface area (TPSA) is 47.1 Å². The van der Waals surface area contributed by atoms with Gasteiger partial charge in [-0.1, -0.05) is 0 Å². The zero-order chi connectivity index (χ0) is 13.0. The van der Waals surface area contributed by atoms with Gasteiger partial charge < -0.3 is 5.73 Å². The summed E-state index contributed by atoms with van der Waals surface area (Å²) in [4.78, 5) is 2.55. The smallest absolute Gasteiger partial charge is 0.0597 e. The second kappa shape index (κ2) is 6.34. The van der Waals surface area contributed by atoms with Gasteiger partial charge in [-0.2, -0.15) is 5.10 Å². The first-order valence-electron chi connectivity index (χ1n) is 7.18. The van der Waals surface area contributed by atoms with E-state index in [0.29, 0.717) is 0 Å². The van der Waals surface area contributed by atoms with Gasteiger partial charge >= 0.3 is 0 Å². The van der Waals surface area contributed by atoms with Gasteiger partial charge in [-0.05, 0) is 64.7 Å². The van der Waals surface area contributed by atoms with Crippen molar-refractivity contribution in [2.24, 2.45) is 11.7 Å². The summed E-state index contributed by atoms with van der Waals surface area (Å²) in [6.07, 6.45) is 3.80. The van der Waals surface area contributed by atoms with E-state index in [0.717, 1.165) is 31.2 Å². The maximum absolute atomic E-state index is 5.63. The van der Waals surface area contributed by atoms with Crippen LogP contribution in [0, 0.1) is 12.8 Å². The van der Waals surface area contributed by atoms with E-state index in [4.69, 9.17) is 5.73 Å². The Morgan fingerprint density at radius 3 is 2.72 bits per heavy atom. The summed E-state index contributed by atoms with van der Waals surface area (Å²) < 4.78 is 2.13. The fraction of sp³-hybridized carbons (Fsp3) is 0.786. The van der Waals surface area contributed by atoms with Crippen molar-refractivity contribution < 1.29 is 0 Å². The lowest BCUT2D eigenvalue weighted by atomic mass is 9.93. The van der Waals surface area contributed by atoms with Crippen LogP contribution in [0.4, 0.5) is 0 Å². The molecule has 1 aliphatic heterocycles. The van der Waals surface area contributed by atoms with E-state index in [1.54, 1.807) is 0 Å². The maximum atomic E-state index is 5.63. The van der Waals surface area contributed by atoms with Crippen LogP contribution in [0.2, 0.25) is 0 Å². The average Bonchev–Trinajstić information content (AvgIpc) is 2.72. The van der Waals surface area contributed by atoms with Gasteiger partial charge in [0.1, 0.15) is 0 Å². The first-order valence-corrected chi connectivity index (χ1v) is 7.18. The molecule has 2 heterocycles. The molecule has 1 aromatic rings. The SMILES string of the molecule is CCn1nc(C)cc1CN1CCC(CCN)CC1. The van der Waals surface area contributed by atoms with Crippen LogP contribution in [-0.2, 0) is 13.1 Å². The molecule has 0 amide bonds. The van der Waals surface area contributed by atoms with E-state index in [9.17, 15) is 0 Å². The van der Waals surface area contributed by atoms with Crippen LogP contribution in [0.1, 0.15) is 37.6 Å². The van der Waals surface area contributed by atoms with E-state index in [2.05, 4.69) is 34.6 Å². The van der Waals surface area contributed by atoms with E-state index >= 15 is 0 Å². The molecule has 0 unspecified atom stereocenters. The Labute approximate surface area is 110 Å². The number of likely N-dealkylation sites (tertiary alicyclic amines) is 1. The molecule has 0 aliphatic carbocycles. The van der Waals surface area contributed by atoms with Crippen LogP contribution < -0.4 is 5.73 Å². The lowest BCUT2D eigenvalue weighted by Gasteiger charge is -2.31. The first kappa shape index (κ1) is 13.6. The van der Waals surface area contributed by atoms with E-state index in [1.807, 2.05) is 0 Å². The number of nitrogens with zero attached hydrogens (tertiary/aromatic N) is 3. The first-order chi connectivity index (χ1) is 8.72. The normalized spacial score (nSPS) is 18.4. The van der Waals surface area contributed by atoms with Crippen molar-refractivity contribution in [1.29, 1.82) is 0 Å². The second-order valence-corrected chi connectivity index (χ2v) is 5.39. The number of hydrogen-bond acceptors (Lipinski definition) is 3. The van der Waals surface area contributed by atoms with Crippen LogP contribution in [0.25, 0.3) is 0 Å². The molecule has 1 fully saturated rings. The Balaban J connectivity index is 1.87. The molecule has 0 spiro atoms. The van der Waals surface area contributed by atoms with Gasteiger partial charge in [0.15, 0.2) is 0 Å². The molecular formula is C14H26N4. The van der Waals surface area contributed by atoms with Crippen molar-refractivity contribution in [3.63, 3.8) is 0 Å². The predicted octanol–water partition coefficient (Wildman–Crippen LogP) is 1.77. The number of hydrogen-bond donors (Lipinski definition) is 1. The van der Waals surface area contributed by atoms with E-state index in [-0.39, 0.29) is 0 Å². The lowest BCUT2D eigenvalue weighted by molar-refractivity contribution is 0.169. The molecular weight excluding hydrogens is 224 g/mol. The van der Waals surface area contributed by atoms with Gasteiger partial charge in [-0.25, -0.2) is 0 Å². The van der Waals surface area contributed by atoms with Crippen LogP contribution in [0.3, 0.4) is 0 Å². The largest absolute Gasteiger partial charge is 0.330 e. The molecule has 1 saturated heterocycles. The summed E-state index contributed by atoms with van der Waals surface area (Å²) >= 11 is 0. The highest BCUT2D eigenvalue weighted by atomic mass is 15.3. The summed E-state index contributed by atoms with van der Waals surface area (Å²) in [5, 5.41) is 4.51. The summed E-state index contributed by atoms with van der Waals surface area (Å²) in [6, 6.07) is 2.22. The standard InChI is InChI=1S/C14H26N4/c1-3-18-14(10-12(2)16-18)11-17-8-5-13(4-7-15)6-9-17/h10,13H,3-9,11,15H2,1-2H3. The van der Waals surface area contributed by atoms with Gasteiger partial charge in [0.2, 0.25) is 0 Å². The van der Waals surface area contributed by atoms with Gasteiger partial charge in [0.05, 0.1) is 11.4 Å². The third-order valence-electron chi connectivity index (χ3n) is 3.95. The monoisotopic (exact) mass is 250 g/mol. The molecule has 0 radical (unpaired) electrons. The molecule has 4 heteroatoms. The van der Waals surface area contributed by atoms with E-state index in [1.165, 1.54) is 38.0 Å². The highest BCUT2D eigenvalue weighted by Gasteiger charge is 2.19. The van der Waals surface area contributed by atoms with Gasteiger partial charge in [0.25, 0.3) is 0 Å². The minimum Gasteiger partial charge on any atom is -0.330 e. The highest BCUT2D eigenvalue weighted by molar-refractivity contribution is 5.09. The van der Waals surface area contributed by atoms with Gasteiger partial charge in [0, 0.05) is 13.1 Å². The van der Waals surface area contributed by atoms with Gasteiger partial charge in [-0.3, -0.25) is 9.58 Å². The lowest BCUT2D eigenvalue weighted by Crippen LogP contribution is -2.34. The summed E-state index contributed by atoms with van der Waals surface area (Å²) in [5.74, 6) is 0.851. The predicted molar refractivity (Wildman–Crippen MR) is 74.3 cm³/mol. The van der Waals surface area contributed by atoms with Crippen LogP contribution >= 0.6 is 0 Å². The Hall–Kier alpha value is -0.870. The Kier molecular flexibility index (Phi) is 4.78. The van der Waals surface area contributed by atoms with Crippen molar-refractivity contribution in [2.45, 2.75) is 46.2 Å². The van der Waals surface area contributed by atoms with Gasteiger partial charge in [-0.15, -0.1) is 0 Å².